The van der Waals surface area contributed by atoms with Crippen LogP contribution in [0.2, 0.25) is 0 Å². The van der Waals surface area contributed by atoms with Crippen LogP contribution in [0.15, 0.2) is 24.3 Å². The van der Waals surface area contributed by atoms with Crippen molar-refractivity contribution in [2.75, 3.05) is 0 Å². The summed E-state index contributed by atoms with van der Waals surface area (Å²) in [6.45, 7) is 3.95. The highest BCUT2D eigenvalue weighted by Crippen LogP contribution is 2.11. The Bertz CT molecular complexity index is 447. The zero-order chi connectivity index (χ0) is 12.2. The first-order valence-electron chi connectivity index (χ1n) is 5.21. The molecule has 0 atom stereocenters. The van der Waals surface area contributed by atoms with E-state index in [-0.39, 0.29) is 24.2 Å². The van der Waals surface area contributed by atoms with Gasteiger partial charge in [0.1, 0.15) is 0 Å². The van der Waals surface area contributed by atoms with E-state index >= 15 is 0 Å². The highest BCUT2D eigenvalue weighted by atomic mass is 35.5. The van der Waals surface area contributed by atoms with Crippen molar-refractivity contribution in [1.29, 1.82) is 0 Å². The van der Waals surface area contributed by atoms with Crippen LogP contribution in [0.1, 0.15) is 25.0 Å². The highest BCUT2D eigenvalue weighted by Gasteiger charge is 2.14. The fourth-order valence-corrected chi connectivity index (χ4v) is 3.00. The molecule has 3 N–H and O–H groups in total. The van der Waals surface area contributed by atoms with E-state index in [1.54, 1.807) is 19.9 Å². The van der Waals surface area contributed by atoms with Crippen LogP contribution < -0.4 is 10.5 Å². The fraction of sp³-hybridized carbons (Fsp3) is 0.455. The number of benzene rings is 1. The largest absolute Gasteiger partial charge is 0.326 e. The molecule has 1 rings (SSSR count). The second-order valence-corrected chi connectivity index (χ2v) is 5.76. The maximum Gasteiger partial charge on any atom is 0.216 e. The number of halogens is 1. The summed E-state index contributed by atoms with van der Waals surface area (Å²) >= 11 is 0. The fourth-order valence-electron chi connectivity index (χ4n) is 1.50. The summed E-state index contributed by atoms with van der Waals surface area (Å²) in [4.78, 5) is 0. The summed E-state index contributed by atoms with van der Waals surface area (Å²) < 4.78 is 26.0. The van der Waals surface area contributed by atoms with Gasteiger partial charge in [0.25, 0.3) is 0 Å². The topological polar surface area (TPSA) is 72.2 Å². The zero-order valence-corrected chi connectivity index (χ0v) is 11.6. The SMILES string of the molecule is CC(C)NS(=O)(=O)Cc1ccccc1CN.Cl. The first-order valence-corrected chi connectivity index (χ1v) is 6.86. The molecule has 98 valence electrons. The molecule has 0 aromatic heterocycles. The molecule has 0 aliphatic carbocycles. The Hall–Kier alpha value is -0.620. The minimum atomic E-state index is -3.27. The molecule has 1 aromatic carbocycles. The number of nitrogens with one attached hydrogen (secondary N) is 1. The third kappa shape index (κ3) is 5.50. The summed E-state index contributed by atoms with van der Waals surface area (Å²) in [5, 5.41) is 0. The monoisotopic (exact) mass is 278 g/mol. The minimum Gasteiger partial charge on any atom is -0.326 e. The molecule has 17 heavy (non-hydrogen) atoms. The average molecular weight is 279 g/mol. The molecule has 0 heterocycles. The standard InChI is InChI=1S/C11H18N2O2S.ClH/c1-9(2)13-16(14,15)8-11-6-4-3-5-10(11)7-12;/h3-6,9,13H,7-8,12H2,1-2H3;1H. The Morgan fingerprint density at radius 2 is 1.76 bits per heavy atom. The molecule has 0 amide bonds. The Morgan fingerprint density at radius 1 is 1.24 bits per heavy atom. The van der Waals surface area contributed by atoms with Gasteiger partial charge in [0.15, 0.2) is 0 Å². The van der Waals surface area contributed by atoms with Crippen LogP contribution in [0, 0.1) is 0 Å². The molecular weight excluding hydrogens is 260 g/mol. The van der Waals surface area contributed by atoms with Gasteiger partial charge in [-0.25, -0.2) is 13.1 Å². The van der Waals surface area contributed by atoms with Crippen molar-refractivity contribution in [1.82, 2.24) is 4.72 Å². The van der Waals surface area contributed by atoms with E-state index in [2.05, 4.69) is 4.72 Å². The van der Waals surface area contributed by atoms with Crippen LogP contribution >= 0.6 is 12.4 Å². The summed E-state index contributed by atoms with van der Waals surface area (Å²) in [6, 6.07) is 7.23. The van der Waals surface area contributed by atoms with Crippen LogP contribution in [0.5, 0.6) is 0 Å². The van der Waals surface area contributed by atoms with Crippen LogP contribution in [0.25, 0.3) is 0 Å². The molecule has 0 bridgehead atoms. The van der Waals surface area contributed by atoms with E-state index in [1.165, 1.54) is 0 Å². The summed E-state index contributed by atoms with van der Waals surface area (Å²) in [5.41, 5.74) is 7.19. The predicted octanol–water partition coefficient (Wildman–Crippen LogP) is 1.39. The molecule has 6 heteroatoms. The Balaban J connectivity index is 0.00000256. The molecule has 0 spiro atoms. The Labute approximate surface area is 109 Å². The second-order valence-electron chi connectivity index (χ2n) is 4.00. The predicted molar refractivity (Wildman–Crippen MR) is 72.5 cm³/mol. The minimum absolute atomic E-state index is 0. The van der Waals surface area contributed by atoms with Crippen molar-refractivity contribution in [3.63, 3.8) is 0 Å². The first kappa shape index (κ1) is 16.4. The maximum absolute atomic E-state index is 11.7. The molecule has 0 unspecified atom stereocenters. The smallest absolute Gasteiger partial charge is 0.216 e. The van der Waals surface area contributed by atoms with Gasteiger partial charge in [0.2, 0.25) is 10.0 Å². The number of sulfonamides is 1. The van der Waals surface area contributed by atoms with Crippen molar-refractivity contribution >= 4 is 22.4 Å². The second kappa shape index (κ2) is 6.96. The quantitative estimate of drug-likeness (QED) is 0.855. The van der Waals surface area contributed by atoms with Crippen molar-refractivity contribution in [2.24, 2.45) is 5.73 Å². The molecule has 0 fully saturated rings. The van der Waals surface area contributed by atoms with E-state index in [1.807, 2.05) is 18.2 Å². The number of hydrogen-bond acceptors (Lipinski definition) is 3. The van der Waals surface area contributed by atoms with Crippen LogP contribution in [-0.2, 0) is 22.3 Å². The molecule has 0 radical (unpaired) electrons. The zero-order valence-electron chi connectivity index (χ0n) is 10.0. The Kier molecular flexibility index (Phi) is 6.70. The van der Waals surface area contributed by atoms with Gasteiger partial charge in [-0.15, -0.1) is 12.4 Å². The molecule has 0 aliphatic rings. The van der Waals surface area contributed by atoms with Gasteiger partial charge in [-0.05, 0) is 25.0 Å². The molecule has 4 nitrogen and oxygen atoms in total. The van der Waals surface area contributed by atoms with E-state index < -0.39 is 10.0 Å². The van der Waals surface area contributed by atoms with E-state index in [9.17, 15) is 8.42 Å². The third-order valence-electron chi connectivity index (χ3n) is 2.10. The van der Waals surface area contributed by atoms with Gasteiger partial charge in [0.05, 0.1) is 5.75 Å². The normalized spacial score (nSPS) is 11.3. The lowest BCUT2D eigenvalue weighted by Crippen LogP contribution is -2.31. The van der Waals surface area contributed by atoms with Gasteiger partial charge in [-0.3, -0.25) is 0 Å². The van der Waals surface area contributed by atoms with Crippen molar-refractivity contribution < 1.29 is 8.42 Å². The van der Waals surface area contributed by atoms with Crippen molar-refractivity contribution in [2.45, 2.75) is 32.2 Å². The number of hydrogen-bond donors (Lipinski definition) is 2. The Morgan fingerprint density at radius 3 is 2.24 bits per heavy atom. The summed E-state index contributed by atoms with van der Waals surface area (Å²) in [5.74, 6) is -0.0153. The van der Waals surface area contributed by atoms with Gasteiger partial charge < -0.3 is 5.73 Å². The van der Waals surface area contributed by atoms with Gasteiger partial charge in [-0.2, -0.15) is 0 Å². The maximum atomic E-state index is 11.7. The number of nitrogens with two attached hydrogens (primary N) is 1. The van der Waals surface area contributed by atoms with Crippen molar-refractivity contribution in [3.05, 3.63) is 35.4 Å². The average Bonchev–Trinajstić information content (AvgIpc) is 2.15. The lowest BCUT2D eigenvalue weighted by atomic mass is 10.1. The van der Waals surface area contributed by atoms with Crippen LogP contribution in [0.3, 0.4) is 0 Å². The van der Waals surface area contributed by atoms with Crippen LogP contribution in [-0.4, -0.2) is 14.5 Å². The molecular formula is C11H19ClN2O2S. The summed E-state index contributed by atoms with van der Waals surface area (Å²) in [7, 11) is -3.27. The third-order valence-corrected chi connectivity index (χ3v) is 3.62. The number of rotatable bonds is 5. The molecule has 0 aliphatic heterocycles. The highest BCUT2D eigenvalue weighted by molar-refractivity contribution is 7.88. The van der Waals surface area contributed by atoms with E-state index in [4.69, 9.17) is 5.73 Å². The van der Waals surface area contributed by atoms with Gasteiger partial charge in [0, 0.05) is 12.6 Å². The van der Waals surface area contributed by atoms with Crippen molar-refractivity contribution in [3.8, 4) is 0 Å². The molecule has 0 saturated carbocycles. The van der Waals surface area contributed by atoms with Gasteiger partial charge in [-0.1, -0.05) is 24.3 Å². The van der Waals surface area contributed by atoms with E-state index in [0.717, 1.165) is 11.1 Å². The molecule has 0 saturated heterocycles. The van der Waals surface area contributed by atoms with Crippen LogP contribution in [0.4, 0.5) is 0 Å². The lowest BCUT2D eigenvalue weighted by molar-refractivity contribution is 0.569. The van der Waals surface area contributed by atoms with Gasteiger partial charge >= 0.3 is 0 Å². The van der Waals surface area contributed by atoms with E-state index in [0.29, 0.717) is 6.54 Å². The molecule has 1 aromatic rings. The first-order chi connectivity index (χ1) is 7.44. The lowest BCUT2D eigenvalue weighted by Gasteiger charge is -2.11. The summed E-state index contributed by atoms with van der Waals surface area (Å²) in [6.07, 6.45) is 0.